The highest BCUT2D eigenvalue weighted by atomic mass is 15.2. The topological polar surface area (TPSA) is 3.24 Å². The SMILES string of the molecule is C(=C\[C@H](c1ccccc1)N1CCCCC1)/c1ccccc1. The van der Waals surface area contributed by atoms with Gasteiger partial charge < -0.3 is 0 Å². The highest BCUT2D eigenvalue weighted by molar-refractivity contribution is 5.50. The molecule has 0 bridgehead atoms. The van der Waals surface area contributed by atoms with E-state index in [2.05, 4.69) is 77.7 Å². The van der Waals surface area contributed by atoms with Crippen LogP contribution in [-0.4, -0.2) is 18.0 Å². The van der Waals surface area contributed by atoms with Gasteiger partial charge in [-0.2, -0.15) is 0 Å². The van der Waals surface area contributed by atoms with Crippen LogP contribution in [0, 0.1) is 0 Å². The second kappa shape index (κ2) is 7.24. The van der Waals surface area contributed by atoms with E-state index in [1.165, 1.54) is 43.5 Å². The quantitative estimate of drug-likeness (QED) is 0.766. The zero-order valence-electron chi connectivity index (χ0n) is 12.5. The summed E-state index contributed by atoms with van der Waals surface area (Å²) >= 11 is 0. The molecule has 0 aliphatic carbocycles. The predicted molar refractivity (Wildman–Crippen MR) is 90.1 cm³/mol. The first-order valence-electron chi connectivity index (χ1n) is 7.96. The summed E-state index contributed by atoms with van der Waals surface area (Å²) < 4.78 is 0. The Morgan fingerprint density at radius 3 is 2.05 bits per heavy atom. The molecule has 0 spiro atoms. The molecule has 21 heavy (non-hydrogen) atoms. The van der Waals surface area contributed by atoms with E-state index in [-0.39, 0.29) is 0 Å². The number of hydrogen-bond donors (Lipinski definition) is 0. The van der Waals surface area contributed by atoms with Gasteiger partial charge in [-0.05, 0) is 37.1 Å². The number of rotatable bonds is 4. The number of nitrogens with zero attached hydrogens (tertiary/aromatic N) is 1. The van der Waals surface area contributed by atoms with Gasteiger partial charge in [0.05, 0.1) is 6.04 Å². The zero-order chi connectivity index (χ0) is 14.3. The van der Waals surface area contributed by atoms with Gasteiger partial charge >= 0.3 is 0 Å². The third kappa shape index (κ3) is 3.83. The minimum Gasteiger partial charge on any atom is -0.293 e. The van der Waals surface area contributed by atoms with E-state index in [9.17, 15) is 0 Å². The molecule has 1 fully saturated rings. The van der Waals surface area contributed by atoms with Gasteiger partial charge in [0.15, 0.2) is 0 Å². The van der Waals surface area contributed by atoms with E-state index in [4.69, 9.17) is 0 Å². The molecule has 0 aromatic heterocycles. The standard InChI is InChI=1S/C20H23N/c1-4-10-18(11-5-1)14-15-20(19-12-6-2-7-13-19)21-16-8-3-9-17-21/h1-2,4-7,10-15,20H,3,8-9,16-17H2/b15-14+/t20-/m1/s1. The van der Waals surface area contributed by atoms with Crippen LogP contribution in [0.2, 0.25) is 0 Å². The Hall–Kier alpha value is -1.86. The van der Waals surface area contributed by atoms with E-state index in [0.29, 0.717) is 6.04 Å². The van der Waals surface area contributed by atoms with Crippen molar-refractivity contribution in [2.75, 3.05) is 13.1 Å². The highest BCUT2D eigenvalue weighted by Gasteiger charge is 2.19. The van der Waals surface area contributed by atoms with Gasteiger partial charge in [-0.1, -0.05) is 79.2 Å². The van der Waals surface area contributed by atoms with Crippen molar-refractivity contribution in [3.05, 3.63) is 77.9 Å². The largest absolute Gasteiger partial charge is 0.293 e. The van der Waals surface area contributed by atoms with Gasteiger partial charge in [-0.3, -0.25) is 4.90 Å². The molecule has 0 unspecified atom stereocenters. The van der Waals surface area contributed by atoms with Crippen LogP contribution in [0.4, 0.5) is 0 Å². The summed E-state index contributed by atoms with van der Waals surface area (Å²) in [7, 11) is 0. The summed E-state index contributed by atoms with van der Waals surface area (Å²) in [5.74, 6) is 0. The predicted octanol–water partition coefficient (Wildman–Crippen LogP) is 4.93. The van der Waals surface area contributed by atoms with Crippen LogP contribution >= 0.6 is 0 Å². The third-order valence-electron chi connectivity index (χ3n) is 4.20. The van der Waals surface area contributed by atoms with Gasteiger partial charge in [-0.15, -0.1) is 0 Å². The monoisotopic (exact) mass is 277 g/mol. The maximum absolute atomic E-state index is 2.61. The molecule has 1 heterocycles. The van der Waals surface area contributed by atoms with Gasteiger partial charge in [0, 0.05) is 0 Å². The number of hydrogen-bond acceptors (Lipinski definition) is 1. The van der Waals surface area contributed by atoms with Crippen molar-refractivity contribution in [1.29, 1.82) is 0 Å². The highest BCUT2D eigenvalue weighted by Crippen LogP contribution is 2.26. The minimum absolute atomic E-state index is 0.395. The van der Waals surface area contributed by atoms with Gasteiger partial charge in [0.25, 0.3) is 0 Å². The van der Waals surface area contributed by atoms with Crippen LogP contribution in [-0.2, 0) is 0 Å². The average molecular weight is 277 g/mol. The van der Waals surface area contributed by atoms with E-state index in [0.717, 1.165) is 0 Å². The number of piperidine rings is 1. The van der Waals surface area contributed by atoms with Crippen LogP contribution in [0.3, 0.4) is 0 Å². The molecular weight excluding hydrogens is 254 g/mol. The Morgan fingerprint density at radius 2 is 1.38 bits per heavy atom. The first-order chi connectivity index (χ1) is 10.4. The van der Waals surface area contributed by atoms with Crippen LogP contribution in [0.15, 0.2) is 66.7 Å². The molecular formula is C20H23N. The first-order valence-corrected chi connectivity index (χ1v) is 7.96. The van der Waals surface area contributed by atoms with Crippen LogP contribution < -0.4 is 0 Å². The molecule has 0 N–H and O–H groups in total. The molecule has 2 aromatic carbocycles. The molecule has 0 saturated carbocycles. The Morgan fingerprint density at radius 1 is 0.762 bits per heavy atom. The van der Waals surface area contributed by atoms with Crippen molar-refractivity contribution in [1.82, 2.24) is 4.90 Å². The Kier molecular flexibility index (Phi) is 4.86. The average Bonchev–Trinajstić information content (AvgIpc) is 2.58. The van der Waals surface area contributed by atoms with Crippen molar-refractivity contribution in [2.45, 2.75) is 25.3 Å². The lowest BCUT2D eigenvalue weighted by Gasteiger charge is -2.33. The normalized spacial score (nSPS) is 17.9. The molecule has 3 rings (SSSR count). The summed E-state index contributed by atoms with van der Waals surface area (Å²) in [6.45, 7) is 2.41. The smallest absolute Gasteiger partial charge is 0.0534 e. The Balaban J connectivity index is 1.83. The molecule has 1 aliphatic rings. The summed E-state index contributed by atoms with van der Waals surface area (Å²) in [5.41, 5.74) is 2.67. The number of benzene rings is 2. The van der Waals surface area contributed by atoms with E-state index >= 15 is 0 Å². The molecule has 0 amide bonds. The molecule has 1 heteroatoms. The molecule has 108 valence electrons. The lowest BCUT2D eigenvalue weighted by atomic mass is 10.0. The van der Waals surface area contributed by atoms with Crippen LogP contribution in [0.1, 0.15) is 36.4 Å². The van der Waals surface area contributed by atoms with E-state index in [1.54, 1.807) is 0 Å². The third-order valence-corrected chi connectivity index (χ3v) is 4.20. The summed E-state index contributed by atoms with van der Waals surface area (Å²) in [4.78, 5) is 2.61. The van der Waals surface area contributed by atoms with Crippen molar-refractivity contribution in [2.24, 2.45) is 0 Å². The maximum atomic E-state index is 2.61. The van der Waals surface area contributed by atoms with Crippen molar-refractivity contribution in [3.63, 3.8) is 0 Å². The van der Waals surface area contributed by atoms with E-state index < -0.39 is 0 Å². The van der Waals surface area contributed by atoms with E-state index in [1.807, 2.05) is 0 Å². The fourth-order valence-corrected chi connectivity index (χ4v) is 3.06. The summed E-state index contributed by atoms with van der Waals surface area (Å²) in [5, 5.41) is 0. The maximum Gasteiger partial charge on any atom is 0.0534 e. The van der Waals surface area contributed by atoms with Gasteiger partial charge in [0.2, 0.25) is 0 Å². The lowest BCUT2D eigenvalue weighted by molar-refractivity contribution is 0.192. The second-order valence-electron chi connectivity index (χ2n) is 5.72. The molecule has 0 radical (unpaired) electrons. The van der Waals surface area contributed by atoms with Crippen molar-refractivity contribution < 1.29 is 0 Å². The van der Waals surface area contributed by atoms with Crippen LogP contribution in [0.25, 0.3) is 6.08 Å². The van der Waals surface area contributed by atoms with Crippen molar-refractivity contribution >= 4 is 6.08 Å². The zero-order valence-corrected chi connectivity index (χ0v) is 12.5. The van der Waals surface area contributed by atoms with Gasteiger partial charge in [0.1, 0.15) is 0 Å². The minimum atomic E-state index is 0.395. The lowest BCUT2D eigenvalue weighted by Crippen LogP contribution is -2.32. The second-order valence-corrected chi connectivity index (χ2v) is 5.72. The molecule has 1 atom stereocenters. The Bertz CT molecular complexity index is 553. The summed E-state index contributed by atoms with van der Waals surface area (Å²) in [6, 6.07) is 21.8. The van der Waals surface area contributed by atoms with Crippen molar-refractivity contribution in [3.8, 4) is 0 Å². The van der Waals surface area contributed by atoms with Gasteiger partial charge in [-0.25, -0.2) is 0 Å². The Labute approximate surface area is 127 Å². The fraction of sp³-hybridized carbons (Fsp3) is 0.300. The van der Waals surface area contributed by atoms with Crippen LogP contribution in [0.5, 0.6) is 0 Å². The first kappa shape index (κ1) is 14.1. The summed E-state index contributed by atoms with van der Waals surface area (Å²) in [6.07, 6.45) is 8.63. The molecule has 1 aliphatic heterocycles. The molecule has 1 nitrogen and oxygen atoms in total. The molecule has 2 aromatic rings. The molecule has 1 saturated heterocycles. The fourth-order valence-electron chi connectivity index (χ4n) is 3.06. The number of likely N-dealkylation sites (tertiary alicyclic amines) is 1.